The van der Waals surface area contributed by atoms with E-state index in [-0.39, 0.29) is 29.2 Å². The van der Waals surface area contributed by atoms with Gasteiger partial charge in [0, 0.05) is 16.5 Å². The summed E-state index contributed by atoms with van der Waals surface area (Å²) in [7, 11) is 0. The molecule has 10 nitrogen and oxygen atoms in total. The van der Waals surface area contributed by atoms with Gasteiger partial charge in [-0.1, -0.05) is 72.3 Å². The van der Waals surface area contributed by atoms with Gasteiger partial charge in [0.05, 0.1) is 35.3 Å². The predicted octanol–water partition coefficient (Wildman–Crippen LogP) is 5.85. The zero-order valence-corrected chi connectivity index (χ0v) is 27.1. The highest BCUT2D eigenvalue weighted by Crippen LogP contribution is 2.63. The number of carbonyl (C=O) groups excluding carboxylic acids is 2. The third-order valence-electron chi connectivity index (χ3n) is 9.99. The van der Waals surface area contributed by atoms with E-state index >= 15 is 4.79 Å². The molecule has 1 saturated carbocycles. The molecule has 0 radical (unpaired) electrons. The summed E-state index contributed by atoms with van der Waals surface area (Å²) in [5.74, 6) is -5.04. The molecule has 0 bridgehead atoms. The van der Waals surface area contributed by atoms with Gasteiger partial charge in [0.1, 0.15) is 11.5 Å². The van der Waals surface area contributed by atoms with Crippen LogP contribution >= 0.6 is 11.6 Å². The number of phenols is 1. The number of nitrogens with zero attached hydrogens (tertiary/aromatic N) is 4. The van der Waals surface area contributed by atoms with Gasteiger partial charge in [-0.25, -0.2) is 28.4 Å². The highest BCUT2D eigenvalue weighted by Gasteiger charge is 2.69. The molecule has 0 spiro atoms. The van der Waals surface area contributed by atoms with Gasteiger partial charge in [-0.15, -0.1) is 13.2 Å². The second-order valence-electron chi connectivity index (χ2n) is 12.6. The van der Waals surface area contributed by atoms with E-state index in [1.165, 1.54) is 21.5 Å². The van der Waals surface area contributed by atoms with E-state index in [0.717, 1.165) is 27.7 Å². The Morgan fingerprint density at radius 3 is 2.20 bits per heavy atom. The highest BCUT2D eigenvalue weighted by atomic mass is 35.5. The number of imide groups is 1. The van der Waals surface area contributed by atoms with E-state index in [4.69, 9.17) is 11.6 Å². The van der Waals surface area contributed by atoms with Crippen molar-refractivity contribution in [3.8, 4) is 17.2 Å². The Labute approximate surface area is 291 Å². The van der Waals surface area contributed by atoms with E-state index in [0.29, 0.717) is 16.8 Å². The summed E-state index contributed by atoms with van der Waals surface area (Å²) < 4.78 is 48.3. The van der Waals surface area contributed by atoms with Crippen molar-refractivity contribution in [3.63, 3.8) is 0 Å². The van der Waals surface area contributed by atoms with E-state index < -0.39 is 64.3 Å². The lowest BCUT2D eigenvalue weighted by atomic mass is 9.53. The number of halogens is 4. The Kier molecular flexibility index (Phi) is 7.38. The number of carbonyl (C=O) groups is 2. The topological polar surface area (TPSA) is 116 Å². The lowest BCUT2D eigenvalue weighted by Gasteiger charge is -2.49. The number of hydrogen-bond acceptors (Lipinski definition) is 6. The second-order valence-corrected chi connectivity index (χ2v) is 13.0. The Morgan fingerprint density at radius 2 is 1.51 bits per heavy atom. The normalized spacial score (nSPS) is 22.6. The molecule has 51 heavy (non-hydrogen) atoms. The minimum absolute atomic E-state index is 0.137. The number of para-hydroxylation sites is 1. The summed E-state index contributed by atoms with van der Waals surface area (Å²) in [6, 6.07) is 24.7. The third kappa shape index (κ3) is 4.86. The van der Waals surface area contributed by atoms with E-state index in [9.17, 15) is 32.7 Å². The van der Waals surface area contributed by atoms with Crippen molar-refractivity contribution in [2.45, 2.75) is 36.7 Å². The molecular formula is C37H26ClF3N4O6. The van der Waals surface area contributed by atoms with E-state index in [2.05, 4.69) is 4.74 Å². The van der Waals surface area contributed by atoms with Crippen LogP contribution in [0.25, 0.3) is 5.69 Å². The van der Waals surface area contributed by atoms with Crippen molar-refractivity contribution in [2.24, 2.45) is 5.92 Å². The number of phenolic OH excluding ortho intramolecular Hbond substituents is 1. The van der Waals surface area contributed by atoms with Crippen LogP contribution in [0.2, 0.25) is 5.02 Å². The first-order valence-electron chi connectivity index (χ1n) is 15.9. The van der Waals surface area contributed by atoms with Crippen LogP contribution in [0, 0.1) is 5.92 Å². The van der Waals surface area contributed by atoms with Crippen LogP contribution in [0.4, 0.5) is 18.9 Å². The molecule has 3 aliphatic rings. The Morgan fingerprint density at radius 1 is 0.824 bits per heavy atom. The first-order chi connectivity index (χ1) is 24.4. The molecule has 1 aliphatic carbocycles. The van der Waals surface area contributed by atoms with Gasteiger partial charge in [-0.3, -0.25) is 9.59 Å². The lowest BCUT2D eigenvalue weighted by Crippen LogP contribution is -2.53. The van der Waals surface area contributed by atoms with Gasteiger partial charge in [-0.2, -0.15) is 0 Å². The van der Waals surface area contributed by atoms with Gasteiger partial charge in [0.15, 0.2) is 0 Å². The van der Waals surface area contributed by atoms with Gasteiger partial charge in [0.2, 0.25) is 11.8 Å². The predicted molar refractivity (Wildman–Crippen MR) is 179 cm³/mol. The van der Waals surface area contributed by atoms with Crippen molar-refractivity contribution < 1.29 is 32.6 Å². The molecular weight excluding hydrogens is 689 g/mol. The molecule has 1 saturated heterocycles. The smallest absolute Gasteiger partial charge is 0.508 e. The average molecular weight is 715 g/mol. The number of fused-ring (bicyclic) bond motifs is 4. The molecule has 4 aromatic carbocycles. The number of benzene rings is 4. The van der Waals surface area contributed by atoms with Crippen LogP contribution in [0.3, 0.4) is 0 Å². The van der Waals surface area contributed by atoms with Crippen LogP contribution in [0.15, 0.2) is 124 Å². The van der Waals surface area contributed by atoms with Crippen LogP contribution in [-0.4, -0.2) is 37.2 Å². The molecule has 1 N–H and O–H groups in total. The van der Waals surface area contributed by atoms with Gasteiger partial charge >= 0.3 is 17.7 Å². The monoisotopic (exact) mass is 714 g/mol. The average Bonchev–Trinajstić information content (AvgIpc) is 3.50. The number of alkyl halides is 3. The summed E-state index contributed by atoms with van der Waals surface area (Å²) in [6.07, 6.45) is -3.58. The number of hydrogen-bond donors (Lipinski definition) is 1. The van der Waals surface area contributed by atoms with Crippen molar-refractivity contribution in [2.75, 3.05) is 4.90 Å². The standard InChI is InChI=1S/C37H26ClF3N4O6/c38-22-10-7-13-24(18-22)43-32(47)28-20-29-26(16-17-42-34(49)44(35(50)45(29)42)23-11-5-2-6-12-23)31(36(28,33(43)48)21-8-3-1-4-9-21)27-19-25(14-15-30(27)46)51-37(39,40)41/h1-16,18-19,28-29,31,46H,17,20H2. The molecule has 4 atom stereocenters. The minimum atomic E-state index is -5.08. The number of ether oxygens (including phenoxy) is 1. The molecule has 8 rings (SSSR count). The summed E-state index contributed by atoms with van der Waals surface area (Å²) >= 11 is 6.31. The number of allylic oxidation sites excluding steroid dienone is 2. The molecule has 2 amide bonds. The third-order valence-corrected chi connectivity index (χ3v) is 10.2. The summed E-state index contributed by atoms with van der Waals surface area (Å²) in [4.78, 5) is 59.0. The number of aromatic nitrogens is 3. The maximum atomic E-state index is 15.2. The van der Waals surface area contributed by atoms with Crippen molar-refractivity contribution in [1.29, 1.82) is 0 Å². The molecule has 3 heterocycles. The quantitative estimate of drug-likeness (QED) is 0.180. The van der Waals surface area contributed by atoms with Crippen molar-refractivity contribution >= 4 is 29.1 Å². The largest absolute Gasteiger partial charge is 0.573 e. The lowest BCUT2D eigenvalue weighted by molar-refractivity contribution is -0.274. The molecule has 1 aromatic heterocycles. The highest BCUT2D eigenvalue weighted by molar-refractivity contribution is 6.32. The first kappa shape index (κ1) is 32.4. The molecule has 2 aliphatic heterocycles. The maximum Gasteiger partial charge on any atom is 0.573 e. The fourth-order valence-corrected chi connectivity index (χ4v) is 8.29. The second kappa shape index (κ2) is 11.6. The molecule has 4 unspecified atom stereocenters. The number of amides is 2. The van der Waals surface area contributed by atoms with Crippen LogP contribution in [0.5, 0.6) is 11.5 Å². The Balaban J connectivity index is 1.43. The summed E-state index contributed by atoms with van der Waals surface area (Å²) in [6.45, 7) is -0.147. The van der Waals surface area contributed by atoms with Crippen LogP contribution < -0.4 is 21.0 Å². The van der Waals surface area contributed by atoms with Crippen molar-refractivity contribution in [1.82, 2.24) is 13.9 Å². The van der Waals surface area contributed by atoms with Crippen LogP contribution in [0.1, 0.15) is 29.5 Å². The number of rotatable bonds is 5. The van der Waals surface area contributed by atoms with Gasteiger partial charge in [0.25, 0.3) is 0 Å². The van der Waals surface area contributed by atoms with Gasteiger partial charge < -0.3 is 9.84 Å². The Bertz CT molecular complexity index is 2390. The van der Waals surface area contributed by atoms with E-state index in [1.807, 2.05) is 0 Å². The zero-order chi connectivity index (χ0) is 35.8. The van der Waals surface area contributed by atoms with E-state index in [1.54, 1.807) is 78.9 Å². The molecule has 14 heteroatoms. The zero-order valence-electron chi connectivity index (χ0n) is 26.3. The molecule has 2 fully saturated rings. The SMILES string of the molecule is O=C1C2CC3C(=CCn4c(=O)n(-c5ccccc5)c(=O)n43)C(c3cc(OC(F)(F)F)ccc3O)C2(c2ccccc2)C(=O)N1c1cccc(Cl)c1. The Hall–Kier alpha value is -5.82. The number of aromatic hydroxyl groups is 1. The fourth-order valence-electron chi connectivity index (χ4n) is 8.11. The minimum Gasteiger partial charge on any atom is -0.508 e. The maximum absolute atomic E-state index is 15.2. The van der Waals surface area contributed by atoms with Gasteiger partial charge in [-0.05, 0) is 66.1 Å². The van der Waals surface area contributed by atoms with Crippen molar-refractivity contribution in [3.05, 3.63) is 152 Å². The summed E-state index contributed by atoms with van der Waals surface area (Å²) in [5, 5.41) is 11.7. The molecule has 5 aromatic rings. The molecule has 258 valence electrons. The van der Waals surface area contributed by atoms with Crippen LogP contribution in [-0.2, 0) is 21.5 Å². The summed E-state index contributed by atoms with van der Waals surface area (Å²) in [5.41, 5.74) is -2.14. The number of anilines is 1. The fraction of sp³-hybridized carbons (Fsp3) is 0.189. The first-order valence-corrected chi connectivity index (χ1v) is 16.3.